The molecule has 0 saturated heterocycles. The topological polar surface area (TPSA) is 29.1 Å². The number of carbonyl (C=O) groups excluding carboxylic acids is 1. The first kappa shape index (κ1) is 16.7. The second kappa shape index (κ2) is 8.11. The zero-order chi connectivity index (χ0) is 17.5. The van der Waals surface area contributed by atoms with Gasteiger partial charge in [-0.1, -0.05) is 91.0 Å². The van der Waals surface area contributed by atoms with Crippen molar-refractivity contribution < 1.29 is 4.79 Å². The number of rotatable bonds is 5. The third-order valence-corrected chi connectivity index (χ3v) is 4.08. The van der Waals surface area contributed by atoms with Crippen molar-refractivity contribution in [3.63, 3.8) is 0 Å². The van der Waals surface area contributed by atoms with E-state index in [-0.39, 0.29) is 11.9 Å². The van der Waals surface area contributed by atoms with Crippen molar-refractivity contribution >= 4 is 12.0 Å². The molecule has 0 aliphatic rings. The van der Waals surface area contributed by atoms with Crippen molar-refractivity contribution in [3.8, 4) is 0 Å². The van der Waals surface area contributed by atoms with E-state index in [1.165, 1.54) is 0 Å². The highest BCUT2D eigenvalue weighted by atomic mass is 16.1. The zero-order valence-corrected chi connectivity index (χ0v) is 14.2. The van der Waals surface area contributed by atoms with Gasteiger partial charge in [-0.2, -0.15) is 0 Å². The standard InChI is InChI=1S/C23H21NO/c1-18(17-19-11-5-2-6-12-19)23(25)24-22(20-13-7-3-8-14-20)21-15-9-4-10-16-21/h2-17,22H,1H3,(H,24,25)/b18-17+. The van der Waals surface area contributed by atoms with Crippen LogP contribution in [0.2, 0.25) is 0 Å². The van der Waals surface area contributed by atoms with Gasteiger partial charge in [-0.05, 0) is 29.7 Å². The van der Waals surface area contributed by atoms with Crippen LogP contribution in [0.4, 0.5) is 0 Å². The van der Waals surface area contributed by atoms with Crippen LogP contribution in [0.1, 0.15) is 29.7 Å². The minimum Gasteiger partial charge on any atom is -0.341 e. The Morgan fingerprint density at radius 3 is 1.68 bits per heavy atom. The summed E-state index contributed by atoms with van der Waals surface area (Å²) in [5.41, 5.74) is 3.83. The molecular formula is C23H21NO. The minimum absolute atomic E-state index is 0.0680. The van der Waals surface area contributed by atoms with Crippen LogP contribution in [0.25, 0.3) is 6.08 Å². The summed E-state index contributed by atoms with van der Waals surface area (Å²) >= 11 is 0. The Bertz CT molecular complexity index is 800. The molecule has 2 heteroatoms. The maximum Gasteiger partial charge on any atom is 0.247 e. The highest BCUT2D eigenvalue weighted by Gasteiger charge is 2.17. The van der Waals surface area contributed by atoms with Gasteiger partial charge in [-0.25, -0.2) is 0 Å². The number of benzene rings is 3. The molecule has 2 nitrogen and oxygen atoms in total. The van der Waals surface area contributed by atoms with E-state index in [2.05, 4.69) is 5.32 Å². The van der Waals surface area contributed by atoms with Gasteiger partial charge in [0, 0.05) is 5.57 Å². The molecule has 0 atom stereocenters. The van der Waals surface area contributed by atoms with Crippen LogP contribution < -0.4 is 5.32 Å². The first-order valence-corrected chi connectivity index (χ1v) is 8.38. The molecule has 3 rings (SSSR count). The Labute approximate surface area is 148 Å². The molecule has 0 aromatic heterocycles. The summed E-state index contributed by atoms with van der Waals surface area (Å²) in [5, 5.41) is 3.16. The summed E-state index contributed by atoms with van der Waals surface area (Å²) in [5.74, 6) is -0.0680. The molecule has 0 unspecified atom stereocenters. The summed E-state index contributed by atoms with van der Waals surface area (Å²) in [6.07, 6.45) is 1.91. The zero-order valence-electron chi connectivity index (χ0n) is 14.2. The van der Waals surface area contributed by atoms with Gasteiger partial charge in [0.05, 0.1) is 6.04 Å². The molecule has 3 aromatic rings. The van der Waals surface area contributed by atoms with E-state index in [1.54, 1.807) is 0 Å². The molecular weight excluding hydrogens is 306 g/mol. The van der Waals surface area contributed by atoms with Gasteiger partial charge in [-0.15, -0.1) is 0 Å². The second-order valence-corrected chi connectivity index (χ2v) is 5.97. The summed E-state index contributed by atoms with van der Waals surface area (Å²) in [4.78, 5) is 12.7. The van der Waals surface area contributed by atoms with E-state index in [0.29, 0.717) is 5.57 Å². The van der Waals surface area contributed by atoms with Crippen LogP contribution in [0, 0.1) is 0 Å². The Morgan fingerprint density at radius 2 is 1.20 bits per heavy atom. The van der Waals surface area contributed by atoms with Crippen molar-refractivity contribution in [2.24, 2.45) is 0 Å². The molecule has 0 aliphatic carbocycles. The number of nitrogens with one attached hydrogen (secondary N) is 1. The van der Waals surface area contributed by atoms with E-state index in [1.807, 2.05) is 104 Å². The quantitative estimate of drug-likeness (QED) is 0.657. The SMILES string of the molecule is C/C(=C\c1ccccc1)C(=O)NC(c1ccccc1)c1ccccc1. The highest BCUT2D eigenvalue weighted by Crippen LogP contribution is 2.22. The van der Waals surface area contributed by atoms with Crippen molar-refractivity contribution in [2.75, 3.05) is 0 Å². The molecule has 0 saturated carbocycles. The lowest BCUT2D eigenvalue weighted by Gasteiger charge is -2.20. The lowest BCUT2D eigenvalue weighted by atomic mass is 9.98. The number of amides is 1. The van der Waals surface area contributed by atoms with Crippen LogP contribution >= 0.6 is 0 Å². The largest absolute Gasteiger partial charge is 0.341 e. The van der Waals surface area contributed by atoms with Gasteiger partial charge >= 0.3 is 0 Å². The van der Waals surface area contributed by atoms with Gasteiger partial charge in [0.15, 0.2) is 0 Å². The third-order valence-electron chi connectivity index (χ3n) is 4.08. The molecule has 0 radical (unpaired) electrons. The normalized spacial score (nSPS) is 11.4. The number of hydrogen-bond acceptors (Lipinski definition) is 1. The molecule has 0 spiro atoms. The summed E-state index contributed by atoms with van der Waals surface area (Å²) < 4.78 is 0. The second-order valence-electron chi connectivity index (χ2n) is 5.97. The Kier molecular flexibility index (Phi) is 5.43. The molecule has 0 aliphatic heterocycles. The molecule has 1 N–H and O–H groups in total. The Morgan fingerprint density at radius 1 is 0.760 bits per heavy atom. The van der Waals surface area contributed by atoms with Gasteiger partial charge in [0.25, 0.3) is 0 Å². The minimum atomic E-state index is -0.172. The third kappa shape index (κ3) is 4.45. The average Bonchev–Trinajstić information content (AvgIpc) is 2.68. The lowest BCUT2D eigenvalue weighted by molar-refractivity contribution is -0.117. The fourth-order valence-electron chi connectivity index (χ4n) is 2.76. The van der Waals surface area contributed by atoms with Crippen LogP contribution in [0.5, 0.6) is 0 Å². The lowest BCUT2D eigenvalue weighted by Crippen LogP contribution is -2.29. The maximum absolute atomic E-state index is 12.7. The molecule has 0 bridgehead atoms. The van der Waals surface area contributed by atoms with E-state index in [4.69, 9.17) is 0 Å². The first-order chi connectivity index (χ1) is 12.2. The van der Waals surface area contributed by atoms with E-state index < -0.39 is 0 Å². The van der Waals surface area contributed by atoms with Crippen molar-refractivity contribution in [1.82, 2.24) is 5.32 Å². The van der Waals surface area contributed by atoms with E-state index in [0.717, 1.165) is 16.7 Å². The predicted octanol–water partition coefficient (Wildman–Crippen LogP) is 5.00. The first-order valence-electron chi connectivity index (χ1n) is 8.38. The molecule has 25 heavy (non-hydrogen) atoms. The number of hydrogen-bond donors (Lipinski definition) is 1. The summed E-state index contributed by atoms with van der Waals surface area (Å²) in [6.45, 7) is 1.84. The van der Waals surface area contributed by atoms with Crippen molar-refractivity contribution in [3.05, 3.63) is 113 Å². The molecule has 0 fully saturated rings. The molecule has 124 valence electrons. The van der Waals surface area contributed by atoms with Gasteiger partial charge in [-0.3, -0.25) is 4.79 Å². The van der Waals surface area contributed by atoms with Gasteiger partial charge < -0.3 is 5.32 Å². The monoisotopic (exact) mass is 327 g/mol. The van der Waals surface area contributed by atoms with Crippen LogP contribution in [0.3, 0.4) is 0 Å². The molecule has 3 aromatic carbocycles. The predicted molar refractivity (Wildman–Crippen MR) is 103 cm³/mol. The Hall–Kier alpha value is -3.13. The van der Waals surface area contributed by atoms with Gasteiger partial charge in [0.1, 0.15) is 0 Å². The molecule has 1 amide bonds. The summed E-state index contributed by atoms with van der Waals surface area (Å²) in [6, 6.07) is 29.8. The van der Waals surface area contributed by atoms with E-state index >= 15 is 0 Å². The van der Waals surface area contributed by atoms with Crippen LogP contribution in [-0.2, 0) is 4.79 Å². The smallest absolute Gasteiger partial charge is 0.247 e. The van der Waals surface area contributed by atoms with Gasteiger partial charge in [0.2, 0.25) is 5.91 Å². The van der Waals surface area contributed by atoms with E-state index in [9.17, 15) is 4.79 Å². The highest BCUT2D eigenvalue weighted by molar-refractivity contribution is 5.97. The van der Waals surface area contributed by atoms with Crippen molar-refractivity contribution in [2.45, 2.75) is 13.0 Å². The van der Waals surface area contributed by atoms with Crippen LogP contribution in [0.15, 0.2) is 96.6 Å². The fraction of sp³-hybridized carbons (Fsp3) is 0.0870. The average molecular weight is 327 g/mol. The maximum atomic E-state index is 12.7. The van der Waals surface area contributed by atoms with Crippen LogP contribution in [-0.4, -0.2) is 5.91 Å². The molecule has 0 heterocycles. The number of carbonyl (C=O) groups is 1. The summed E-state index contributed by atoms with van der Waals surface area (Å²) in [7, 11) is 0. The van der Waals surface area contributed by atoms with Crippen molar-refractivity contribution in [1.29, 1.82) is 0 Å². The Balaban J connectivity index is 1.85. The fourth-order valence-corrected chi connectivity index (χ4v) is 2.76.